The molecule has 2 amide bonds. The number of halogens is 5. The number of alkyl halides is 5. The Morgan fingerprint density at radius 1 is 1.05 bits per heavy atom. The van der Waals surface area contributed by atoms with Crippen LogP contribution in [0.1, 0.15) is 110 Å². The number of carbonyl (C=O) groups excluding carboxylic acids is 2. The second-order valence-corrected chi connectivity index (χ2v) is 12.2. The van der Waals surface area contributed by atoms with Gasteiger partial charge in [-0.15, -0.1) is 0 Å². The molecule has 0 radical (unpaired) electrons. The van der Waals surface area contributed by atoms with Crippen molar-refractivity contribution in [2.24, 2.45) is 17.8 Å². The lowest BCUT2D eigenvalue weighted by atomic mass is 9.81. The quantitative estimate of drug-likeness (QED) is 0.293. The molecule has 10 nitrogen and oxygen atoms in total. The van der Waals surface area contributed by atoms with E-state index in [1.165, 1.54) is 10.7 Å². The van der Waals surface area contributed by atoms with Crippen LogP contribution in [0.15, 0.2) is 23.1 Å². The Hall–Kier alpha value is -3.65. The van der Waals surface area contributed by atoms with E-state index in [2.05, 4.69) is 31.0 Å². The topological polar surface area (TPSA) is 127 Å². The first-order valence-corrected chi connectivity index (χ1v) is 14.6. The summed E-state index contributed by atoms with van der Waals surface area (Å²) in [7, 11) is 0. The van der Waals surface area contributed by atoms with Crippen molar-refractivity contribution < 1.29 is 36.2 Å². The van der Waals surface area contributed by atoms with Gasteiger partial charge in [-0.1, -0.05) is 12.1 Å². The summed E-state index contributed by atoms with van der Waals surface area (Å²) in [6, 6.07) is 0.454. The van der Waals surface area contributed by atoms with Crippen LogP contribution in [0, 0.1) is 17.8 Å². The average molecular weight is 610 g/mol. The maximum Gasteiger partial charge on any atom is 0.392 e. The summed E-state index contributed by atoms with van der Waals surface area (Å²) in [5.74, 6) is -5.93. The number of nitrogens with one attached hydrogen (secondary N) is 2. The maximum atomic E-state index is 14.0. The van der Waals surface area contributed by atoms with Crippen LogP contribution in [0.5, 0.6) is 0 Å². The second kappa shape index (κ2) is 11.1. The zero-order valence-corrected chi connectivity index (χ0v) is 23.4. The molecule has 43 heavy (non-hydrogen) atoms. The molecule has 15 heteroatoms. The van der Waals surface area contributed by atoms with E-state index in [0.29, 0.717) is 22.6 Å². The smallest absolute Gasteiger partial charge is 0.349 e. The van der Waals surface area contributed by atoms with Gasteiger partial charge in [0.05, 0.1) is 36.1 Å². The van der Waals surface area contributed by atoms with Crippen LogP contribution < -0.4 is 10.6 Å². The predicted octanol–water partition coefficient (Wildman–Crippen LogP) is 5.44. The number of imidazole rings is 1. The van der Waals surface area contributed by atoms with Crippen LogP contribution in [0.3, 0.4) is 0 Å². The molecule has 0 unspecified atom stereocenters. The Morgan fingerprint density at radius 3 is 2.40 bits per heavy atom. The summed E-state index contributed by atoms with van der Waals surface area (Å²) in [4.78, 5) is 30.5. The molecule has 0 bridgehead atoms. The van der Waals surface area contributed by atoms with Gasteiger partial charge in [0.1, 0.15) is 5.69 Å². The third kappa shape index (κ3) is 6.64. The van der Waals surface area contributed by atoms with E-state index in [9.17, 15) is 31.5 Å². The molecule has 3 aliphatic rings. The Balaban J connectivity index is 1.25. The third-order valence-corrected chi connectivity index (χ3v) is 8.71. The highest BCUT2D eigenvalue weighted by molar-refractivity contribution is 5.93. The summed E-state index contributed by atoms with van der Waals surface area (Å²) in [5.41, 5.74) is 1.95. The van der Waals surface area contributed by atoms with Crippen LogP contribution in [0.4, 0.5) is 22.0 Å². The van der Waals surface area contributed by atoms with Crippen molar-refractivity contribution in [2.75, 3.05) is 0 Å². The molecule has 3 saturated carbocycles. The lowest BCUT2D eigenvalue weighted by Crippen LogP contribution is -2.37. The number of amides is 2. The number of carbonyl (C=O) groups is 2. The van der Waals surface area contributed by atoms with E-state index >= 15 is 0 Å². The van der Waals surface area contributed by atoms with Crippen LogP contribution in [-0.4, -0.2) is 48.8 Å². The molecule has 0 saturated heterocycles. The van der Waals surface area contributed by atoms with Crippen molar-refractivity contribution in [1.82, 2.24) is 35.5 Å². The number of aromatic nitrogens is 5. The highest BCUT2D eigenvalue weighted by atomic mass is 19.4. The van der Waals surface area contributed by atoms with E-state index in [0.717, 1.165) is 32.6 Å². The molecule has 0 aromatic carbocycles. The molecule has 3 aromatic rings. The van der Waals surface area contributed by atoms with Crippen LogP contribution in [0.2, 0.25) is 0 Å². The molecule has 2 N–H and O–H groups in total. The average Bonchev–Trinajstić information content (AvgIpc) is 3.88. The van der Waals surface area contributed by atoms with Crippen molar-refractivity contribution in [2.45, 2.75) is 94.8 Å². The third-order valence-electron chi connectivity index (χ3n) is 8.71. The summed E-state index contributed by atoms with van der Waals surface area (Å²) >= 11 is 0. The molecule has 3 aromatic heterocycles. The summed E-state index contributed by atoms with van der Waals surface area (Å²) in [6.45, 7) is 0.972. The van der Waals surface area contributed by atoms with E-state index in [1.54, 1.807) is 12.3 Å². The van der Waals surface area contributed by atoms with Crippen molar-refractivity contribution >= 4 is 17.5 Å². The fourth-order valence-electron chi connectivity index (χ4n) is 5.78. The minimum absolute atomic E-state index is 0.0662. The first-order chi connectivity index (χ1) is 20.4. The number of fused-ring (bicyclic) bond motifs is 1. The summed E-state index contributed by atoms with van der Waals surface area (Å²) in [6.07, 6.45) is 1.09. The molecule has 6 rings (SSSR count). The zero-order valence-electron chi connectivity index (χ0n) is 23.4. The van der Waals surface area contributed by atoms with Gasteiger partial charge in [-0.25, -0.2) is 22.9 Å². The normalized spacial score (nSPS) is 21.3. The fourth-order valence-corrected chi connectivity index (χ4v) is 5.78. The summed E-state index contributed by atoms with van der Waals surface area (Å²) < 4.78 is 73.3. The van der Waals surface area contributed by atoms with Gasteiger partial charge in [-0.05, 0) is 67.1 Å². The predicted molar refractivity (Wildman–Crippen MR) is 140 cm³/mol. The second-order valence-electron chi connectivity index (χ2n) is 12.2. The highest BCUT2D eigenvalue weighted by Gasteiger charge is 2.42. The molecular weight excluding hydrogens is 577 g/mol. The number of hydrogen-bond acceptors (Lipinski definition) is 7. The largest absolute Gasteiger partial charge is 0.392 e. The fraction of sp³-hybridized carbons (Fsp3) is 0.643. The molecular formula is C28H32F5N7O3. The first-order valence-electron chi connectivity index (χ1n) is 14.6. The van der Waals surface area contributed by atoms with Gasteiger partial charge in [-0.3, -0.25) is 9.59 Å². The van der Waals surface area contributed by atoms with Gasteiger partial charge in [0.15, 0.2) is 11.3 Å². The van der Waals surface area contributed by atoms with Crippen LogP contribution in [-0.2, 0) is 4.79 Å². The Morgan fingerprint density at radius 2 is 1.74 bits per heavy atom. The van der Waals surface area contributed by atoms with E-state index in [4.69, 9.17) is 4.63 Å². The lowest BCUT2D eigenvalue weighted by molar-refractivity contribution is -0.174. The van der Waals surface area contributed by atoms with Gasteiger partial charge in [-0.2, -0.15) is 18.3 Å². The number of rotatable bonds is 10. The van der Waals surface area contributed by atoms with Gasteiger partial charge < -0.3 is 10.6 Å². The van der Waals surface area contributed by atoms with Crippen molar-refractivity contribution in [3.05, 3.63) is 41.1 Å². The molecule has 3 aliphatic carbocycles. The number of hydrogen-bond donors (Lipinski definition) is 2. The van der Waals surface area contributed by atoms with Gasteiger partial charge in [0.25, 0.3) is 5.91 Å². The minimum Gasteiger partial charge on any atom is -0.349 e. The SMILES string of the molecule is C[C@@H](CC(=O)N[C@@H](c1cnn2cc([C@@H](NC(=O)c3nonc3C3CC3)C3CCC(F)(F)CC3)nc2c1)C1CC1)C(F)(F)F. The maximum absolute atomic E-state index is 14.0. The van der Waals surface area contributed by atoms with Crippen molar-refractivity contribution in [3.63, 3.8) is 0 Å². The Bertz CT molecular complexity index is 1490. The van der Waals surface area contributed by atoms with Gasteiger partial charge in [0.2, 0.25) is 11.8 Å². The molecule has 0 spiro atoms. The molecule has 3 atom stereocenters. The highest BCUT2D eigenvalue weighted by Crippen LogP contribution is 2.44. The molecule has 0 aliphatic heterocycles. The van der Waals surface area contributed by atoms with Gasteiger partial charge in [0, 0.05) is 25.2 Å². The van der Waals surface area contributed by atoms with Crippen LogP contribution in [0.25, 0.3) is 5.65 Å². The molecule has 232 valence electrons. The first kappa shape index (κ1) is 29.4. The van der Waals surface area contributed by atoms with Gasteiger partial charge >= 0.3 is 6.18 Å². The zero-order chi connectivity index (χ0) is 30.5. The standard InChI is InChI=1S/C28H32F5N7O3/c1-14(28(31,32)33)10-21(41)36-22(15-2-3-15)18-11-20-35-19(13-40(20)34-12-18)23(17-6-8-27(29,30)9-7-17)37-26(42)25-24(16-4-5-16)38-43-39-25/h11-17,22-23H,2-10H2,1H3,(H,36,41)(H,37,42)/t14-,22+,23-/m0/s1. The molecule has 3 heterocycles. The minimum atomic E-state index is -4.47. The van der Waals surface area contributed by atoms with Crippen molar-refractivity contribution in [1.29, 1.82) is 0 Å². The monoisotopic (exact) mass is 609 g/mol. The van der Waals surface area contributed by atoms with Crippen LogP contribution >= 0.6 is 0 Å². The van der Waals surface area contributed by atoms with Crippen molar-refractivity contribution in [3.8, 4) is 0 Å². The Kier molecular flexibility index (Phi) is 7.61. The summed E-state index contributed by atoms with van der Waals surface area (Å²) in [5, 5.41) is 17.8. The Labute approximate surface area is 243 Å². The lowest BCUT2D eigenvalue weighted by Gasteiger charge is -2.33. The van der Waals surface area contributed by atoms with E-state index in [-0.39, 0.29) is 49.1 Å². The van der Waals surface area contributed by atoms with E-state index in [1.807, 2.05) is 0 Å². The molecule has 3 fully saturated rings. The number of nitrogens with zero attached hydrogens (tertiary/aromatic N) is 5. The van der Waals surface area contributed by atoms with E-state index < -0.39 is 48.3 Å².